The van der Waals surface area contributed by atoms with Crippen LogP contribution in [0, 0.1) is 0 Å². The lowest BCUT2D eigenvalue weighted by Crippen LogP contribution is -2.86. The molecule has 4 aromatic carbocycles. The third-order valence-corrected chi connectivity index (χ3v) is 11.2. The van der Waals surface area contributed by atoms with E-state index in [0.717, 1.165) is 0 Å². The number of carbonyl (C=O) groups excluding carboxylic acids is 6. The molecular formula is C52H60N4O16. The minimum atomic E-state index is -2.71. The van der Waals surface area contributed by atoms with Crippen molar-refractivity contribution in [3.63, 3.8) is 0 Å². The number of carbonyl (C=O) groups is 8. The monoisotopic (exact) mass is 996 g/mol. The topological polar surface area (TPSA) is 281 Å². The Balaban J connectivity index is 1.75. The number of methoxy groups -OCH3 is 2. The summed E-state index contributed by atoms with van der Waals surface area (Å²) in [5, 5.41) is 33.8. The predicted molar refractivity (Wildman–Crippen MR) is 261 cm³/mol. The van der Waals surface area contributed by atoms with Crippen molar-refractivity contribution >= 4 is 59.3 Å². The van der Waals surface area contributed by atoms with E-state index in [4.69, 9.17) is 28.4 Å². The maximum Gasteiger partial charge on any atom is 0.412 e. The van der Waals surface area contributed by atoms with Crippen LogP contribution >= 0.6 is 0 Å². The van der Waals surface area contributed by atoms with E-state index < -0.39 is 82.0 Å². The highest BCUT2D eigenvalue weighted by atomic mass is 16.6. The maximum atomic E-state index is 14.6. The van der Waals surface area contributed by atoms with Crippen LogP contribution < -0.4 is 40.2 Å². The zero-order chi connectivity index (χ0) is 53.3. The van der Waals surface area contributed by atoms with Crippen LogP contribution in [0.15, 0.2) is 84.9 Å². The second-order valence-corrected chi connectivity index (χ2v) is 18.8. The van der Waals surface area contributed by atoms with Crippen LogP contribution in [0.1, 0.15) is 125 Å². The minimum Gasteiger partial charge on any atom is -0.493 e. The molecule has 0 heterocycles. The molecule has 20 heteroatoms. The average molecular weight is 997 g/mol. The largest absolute Gasteiger partial charge is 0.493 e. The molecule has 4 amide bonds. The molecule has 0 saturated heterocycles. The highest BCUT2D eigenvalue weighted by Gasteiger charge is 2.80. The third-order valence-electron chi connectivity index (χ3n) is 11.2. The molecule has 4 aromatic rings. The first-order chi connectivity index (χ1) is 33.8. The summed E-state index contributed by atoms with van der Waals surface area (Å²) >= 11 is 0. The second-order valence-electron chi connectivity index (χ2n) is 18.8. The van der Waals surface area contributed by atoms with E-state index in [2.05, 4.69) is 21.3 Å². The number of benzene rings is 4. The summed E-state index contributed by atoms with van der Waals surface area (Å²) < 4.78 is 32.9. The van der Waals surface area contributed by atoms with E-state index in [0.29, 0.717) is 12.8 Å². The minimum absolute atomic E-state index is 0.0354. The molecule has 1 fully saturated rings. The number of ether oxygens (including phenoxy) is 6. The van der Waals surface area contributed by atoms with Crippen molar-refractivity contribution in [2.45, 2.75) is 115 Å². The van der Waals surface area contributed by atoms with E-state index >= 15 is 0 Å². The van der Waals surface area contributed by atoms with Crippen molar-refractivity contribution in [1.82, 2.24) is 10.6 Å². The molecule has 0 unspecified atom stereocenters. The molecule has 20 nitrogen and oxygen atoms in total. The SMILES string of the molecule is CCCC(=O)Oc1ccc(C2C(NC(=O)c3ccc(NC(=O)OC(C)(C)C)cc3)(C(=O)O)C(c3ccc(OC(=O)CCC)c(OC)c3)C2(NC(=O)c2ccc(NC(=O)OC(C)(C)C)cc2)C(=O)O)cc1OC. The van der Waals surface area contributed by atoms with Gasteiger partial charge in [-0.05, 0) is 138 Å². The summed E-state index contributed by atoms with van der Waals surface area (Å²) in [5.74, 6) is -11.1. The molecule has 0 aromatic heterocycles. The highest BCUT2D eigenvalue weighted by Crippen LogP contribution is 2.64. The van der Waals surface area contributed by atoms with Crippen LogP contribution in [0.25, 0.3) is 0 Å². The number of esters is 2. The summed E-state index contributed by atoms with van der Waals surface area (Å²) in [6.07, 6.45) is -0.602. The molecule has 6 N–H and O–H groups in total. The summed E-state index contributed by atoms with van der Waals surface area (Å²) in [5.41, 5.74) is -7.14. The Bertz CT molecular complexity index is 2510. The number of aliphatic carboxylic acids is 2. The molecule has 5 rings (SSSR count). The molecule has 1 saturated carbocycles. The first kappa shape index (κ1) is 54.8. The van der Waals surface area contributed by atoms with Gasteiger partial charge in [0.2, 0.25) is 0 Å². The van der Waals surface area contributed by atoms with Crippen molar-refractivity contribution in [1.29, 1.82) is 0 Å². The second kappa shape index (κ2) is 22.3. The summed E-state index contributed by atoms with van der Waals surface area (Å²) in [6.45, 7) is 13.6. The molecule has 0 atom stereocenters. The van der Waals surface area contributed by atoms with Crippen LogP contribution in [-0.4, -0.2) is 94.6 Å². The normalized spacial score (nSPS) is 18.2. The number of hydrogen-bond acceptors (Lipinski definition) is 14. The van der Waals surface area contributed by atoms with Crippen molar-refractivity contribution in [2.75, 3.05) is 24.9 Å². The lowest BCUT2D eigenvalue weighted by Gasteiger charge is -2.64. The fraction of sp³-hybridized carbons (Fsp3) is 0.385. The van der Waals surface area contributed by atoms with E-state index in [1.165, 1.54) is 99.1 Å². The molecule has 0 radical (unpaired) electrons. The lowest BCUT2D eigenvalue weighted by atomic mass is 9.43. The lowest BCUT2D eigenvalue weighted by molar-refractivity contribution is -0.171. The molecule has 0 aliphatic heterocycles. The van der Waals surface area contributed by atoms with Gasteiger partial charge in [-0.3, -0.25) is 29.8 Å². The van der Waals surface area contributed by atoms with E-state index in [9.17, 15) is 48.6 Å². The number of nitrogens with one attached hydrogen (secondary N) is 4. The number of rotatable bonds is 18. The zero-order valence-corrected chi connectivity index (χ0v) is 41.7. The summed E-state index contributed by atoms with van der Waals surface area (Å²) in [6, 6.07) is 18.2. The van der Waals surface area contributed by atoms with Gasteiger partial charge in [0.1, 0.15) is 11.2 Å². The van der Waals surface area contributed by atoms with Crippen molar-refractivity contribution in [3.8, 4) is 23.0 Å². The van der Waals surface area contributed by atoms with Crippen LogP contribution in [0.3, 0.4) is 0 Å². The molecular weight excluding hydrogens is 937 g/mol. The molecule has 384 valence electrons. The number of carboxylic acids is 2. The highest BCUT2D eigenvalue weighted by molar-refractivity contribution is 6.06. The van der Waals surface area contributed by atoms with Gasteiger partial charge in [0.15, 0.2) is 34.1 Å². The standard InChI is InChI=1S/C52H60N4O16/c1-11-13-39(57)69-35-25-19-31(27-37(35)67-9)41-51(45(61)62,55-43(59)29-15-21-33(22-16-29)53-47(65)71-49(3,4)5)42(32-20-26-36(38(28-32)68-10)70-40(58)14-12-2)52(41,46(63)64)56-44(60)30-17-23-34(24-18-30)54-48(66)72-50(6,7)8/h15-28,41-42H,11-14H2,1-10H3,(H,53,65)(H,54,66)(H,55,59)(H,56,60)(H,61,62)(H,63,64). The maximum absolute atomic E-state index is 14.6. The van der Waals surface area contributed by atoms with Gasteiger partial charge in [-0.1, -0.05) is 26.0 Å². The summed E-state index contributed by atoms with van der Waals surface area (Å²) in [4.78, 5) is 109. The van der Waals surface area contributed by atoms with Gasteiger partial charge in [0.05, 0.1) is 26.1 Å². The Kier molecular flexibility index (Phi) is 17.0. The number of anilines is 2. The van der Waals surface area contributed by atoms with Crippen LogP contribution in [-0.2, 0) is 28.7 Å². The van der Waals surface area contributed by atoms with Gasteiger partial charge < -0.3 is 49.3 Å². The summed E-state index contributed by atoms with van der Waals surface area (Å²) in [7, 11) is 2.48. The van der Waals surface area contributed by atoms with Crippen LogP contribution in [0.4, 0.5) is 21.0 Å². The average Bonchev–Trinajstić information content (AvgIpc) is 3.28. The number of carboxylic acid groups (broad SMARTS) is 2. The number of hydrogen-bond donors (Lipinski definition) is 6. The van der Waals surface area contributed by atoms with Gasteiger partial charge in [0, 0.05) is 35.3 Å². The van der Waals surface area contributed by atoms with Gasteiger partial charge >= 0.3 is 36.1 Å². The smallest absolute Gasteiger partial charge is 0.412 e. The molecule has 0 bridgehead atoms. The van der Waals surface area contributed by atoms with E-state index in [1.54, 1.807) is 55.4 Å². The first-order valence-corrected chi connectivity index (χ1v) is 22.9. The van der Waals surface area contributed by atoms with Crippen LogP contribution in [0.5, 0.6) is 23.0 Å². The molecule has 72 heavy (non-hydrogen) atoms. The predicted octanol–water partition coefficient (Wildman–Crippen LogP) is 8.20. The molecule has 1 aliphatic carbocycles. The Morgan fingerprint density at radius 2 is 0.847 bits per heavy atom. The van der Waals surface area contributed by atoms with E-state index in [-0.39, 0.29) is 69.5 Å². The third kappa shape index (κ3) is 12.4. The quantitative estimate of drug-likeness (QED) is 0.0405. The number of amides is 4. The Hall–Kier alpha value is -8.16. The first-order valence-electron chi connectivity index (χ1n) is 22.9. The van der Waals surface area contributed by atoms with Gasteiger partial charge in [-0.2, -0.15) is 0 Å². The van der Waals surface area contributed by atoms with Crippen LogP contribution in [0.2, 0.25) is 0 Å². The van der Waals surface area contributed by atoms with Crippen molar-refractivity contribution in [2.24, 2.45) is 0 Å². The molecule has 0 spiro atoms. The Morgan fingerprint density at radius 1 is 0.514 bits per heavy atom. The fourth-order valence-corrected chi connectivity index (χ4v) is 8.32. The Morgan fingerprint density at radius 3 is 1.12 bits per heavy atom. The van der Waals surface area contributed by atoms with Crippen molar-refractivity contribution in [3.05, 3.63) is 107 Å². The Labute approximate surface area is 416 Å². The molecule has 1 aliphatic rings. The van der Waals surface area contributed by atoms with E-state index in [1.807, 2.05) is 0 Å². The van der Waals surface area contributed by atoms with Crippen molar-refractivity contribution < 1.29 is 77.0 Å². The zero-order valence-electron chi connectivity index (χ0n) is 41.7. The van der Waals surface area contributed by atoms with Gasteiger partial charge in [-0.25, -0.2) is 19.2 Å². The van der Waals surface area contributed by atoms with Gasteiger partial charge in [-0.15, -0.1) is 0 Å². The fourth-order valence-electron chi connectivity index (χ4n) is 8.32. The van der Waals surface area contributed by atoms with Gasteiger partial charge in [0.25, 0.3) is 11.8 Å².